The second-order valence-corrected chi connectivity index (χ2v) is 11.4. The predicted molar refractivity (Wildman–Crippen MR) is 153 cm³/mol. The van der Waals surface area contributed by atoms with Crippen molar-refractivity contribution in [1.82, 2.24) is 4.90 Å². The number of nitrogens with zero attached hydrogens (tertiary/aromatic N) is 1. The van der Waals surface area contributed by atoms with Crippen molar-refractivity contribution in [2.75, 3.05) is 26.1 Å². The second kappa shape index (κ2) is 11.2. The Morgan fingerprint density at radius 3 is 2.28 bits per heavy atom. The van der Waals surface area contributed by atoms with Crippen molar-refractivity contribution in [2.24, 2.45) is 0 Å². The number of carbonyl (C=O) groups excluding carboxylic acids is 3. The molecule has 2 aromatic carbocycles. The van der Waals surface area contributed by atoms with Gasteiger partial charge in [0.05, 0.1) is 11.6 Å². The van der Waals surface area contributed by atoms with Gasteiger partial charge in [-0.2, -0.15) is 0 Å². The normalized spacial score (nSPS) is 17.7. The van der Waals surface area contributed by atoms with Crippen LogP contribution in [-0.2, 0) is 14.4 Å². The zero-order valence-electron chi connectivity index (χ0n) is 22.2. The van der Waals surface area contributed by atoms with Crippen LogP contribution < -0.4 is 14.8 Å². The molecule has 0 fully saturated rings. The summed E-state index contributed by atoms with van der Waals surface area (Å²) in [6.45, 7) is 1.63. The molecule has 0 aromatic heterocycles. The van der Waals surface area contributed by atoms with E-state index >= 15 is 0 Å². The van der Waals surface area contributed by atoms with E-state index in [1.54, 1.807) is 12.1 Å². The molecule has 1 aliphatic heterocycles. The smallest absolute Gasteiger partial charge is 0.262 e. The molecule has 204 valence electrons. The highest BCUT2D eigenvalue weighted by molar-refractivity contribution is 9.10. The van der Waals surface area contributed by atoms with Crippen molar-refractivity contribution in [3.63, 3.8) is 0 Å². The number of anilines is 1. The molecule has 1 amide bonds. The first-order chi connectivity index (χ1) is 18.7. The van der Waals surface area contributed by atoms with Gasteiger partial charge in [0, 0.05) is 59.1 Å². The minimum Gasteiger partial charge on any atom is -0.493 e. The van der Waals surface area contributed by atoms with Crippen molar-refractivity contribution in [2.45, 2.75) is 51.4 Å². The Hall–Kier alpha value is -3.10. The number of halogens is 2. The Morgan fingerprint density at radius 2 is 1.69 bits per heavy atom. The Kier molecular flexibility index (Phi) is 7.87. The first kappa shape index (κ1) is 27.5. The maximum absolute atomic E-state index is 13.3. The lowest BCUT2D eigenvalue weighted by molar-refractivity contribution is -0.118. The lowest BCUT2D eigenvalue weighted by atomic mass is 9.71. The van der Waals surface area contributed by atoms with E-state index in [1.807, 2.05) is 32.2 Å². The predicted octanol–water partition coefficient (Wildman–Crippen LogP) is 6.48. The number of methoxy groups -OCH3 is 1. The third-order valence-corrected chi connectivity index (χ3v) is 8.63. The zero-order valence-corrected chi connectivity index (χ0v) is 24.5. The summed E-state index contributed by atoms with van der Waals surface area (Å²) >= 11 is 9.76. The monoisotopic (exact) mass is 612 g/mol. The fourth-order valence-corrected chi connectivity index (χ4v) is 6.49. The first-order valence-electron chi connectivity index (χ1n) is 13.0. The number of allylic oxidation sites excluding steroid dienone is 4. The average molecular weight is 614 g/mol. The maximum atomic E-state index is 13.3. The molecule has 0 radical (unpaired) electrons. The molecule has 1 N–H and O–H groups in total. The first-order valence-corrected chi connectivity index (χ1v) is 14.2. The van der Waals surface area contributed by atoms with Crippen molar-refractivity contribution in [3.8, 4) is 11.5 Å². The summed E-state index contributed by atoms with van der Waals surface area (Å²) in [6, 6.07) is 8.97. The van der Waals surface area contributed by atoms with Crippen LogP contribution in [0.25, 0.3) is 0 Å². The van der Waals surface area contributed by atoms with Gasteiger partial charge in [-0.25, -0.2) is 0 Å². The van der Waals surface area contributed by atoms with Crippen LogP contribution in [0.4, 0.5) is 5.69 Å². The molecule has 9 heteroatoms. The molecule has 0 spiro atoms. The number of ketones is 2. The Labute approximate surface area is 241 Å². The number of benzene rings is 2. The number of hydrogen-bond acceptors (Lipinski definition) is 6. The molecule has 5 rings (SSSR count). The van der Waals surface area contributed by atoms with E-state index < -0.39 is 5.92 Å². The number of hydrogen-bond donors (Lipinski definition) is 1. The van der Waals surface area contributed by atoms with Crippen LogP contribution in [-0.4, -0.2) is 43.1 Å². The van der Waals surface area contributed by atoms with Gasteiger partial charge in [0.1, 0.15) is 0 Å². The van der Waals surface area contributed by atoms with Crippen molar-refractivity contribution < 1.29 is 23.9 Å². The van der Waals surface area contributed by atoms with Gasteiger partial charge in [0.15, 0.2) is 29.7 Å². The summed E-state index contributed by atoms with van der Waals surface area (Å²) in [5.74, 6) is 0.122. The van der Waals surface area contributed by atoms with Gasteiger partial charge >= 0.3 is 0 Å². The number of Topliss-reactive ketones (excluding diaryl/α,β-unsaturated/α-hetero) is 2. The molecule has 0 saturated heterocycles. The Bertz CT molecular complexity index is 1400. The van der Waals surface area contributed by atoms with E-state index in [9.17, 15) is 14.4 Å². The molecule has 0 bridgehead atoms. The van der Waals surface area contributed by atoms with Crippen LogP contribution in [0, 0.1) is 6.92 Å². The summed E-state index contributed by atoms with van der Waals surface area (Å²) in [7, 11) is 3.50. The number of carbonyl (C=O) groups is 3. The summed E-state index contributed by atoms with van der Waals surface area (Å²) in [5, 5.41) is 3.34. The molecular formula is C30H30BrClN2O5. The lowest BCUT2D eigenvalue weighted by Gasteiger charge is -2.42. The minimum atomic E-state index is -0.458. The molecule has 39 heavy (non-hydrogen) atoms. The van der Waals surface area contributed by atoms with Gasteiger partial charge in [0.25, 0.3) is 5.91 Å². The molecule has 0 atom stereocenters. The standard InChI is InChI=1S/C30H30BrClN2O5/c1-16-10-11-18(14-20(16)32)33-26(37)15-39-30-19(31)12-17(13-25(30)38-3)27-28-21(6-4-8-23(28)35)34(2)22-7-5-9-24(36)29(22)27/h10-14,27H,4-9,15H2,1-3H3,(H,33,37). The molecule has 3 aliphatic rings. The quantitative estimate of drug-likeness (QED) is 0.402. The van der Waals surface area contributed by atoms with E-state index in [1.165, 1.54) is 7.11 Å². The van der Waals surface area contributed by atoms with Crippen molar-refractivity contribution in [3.05, 3.63) is 73.5 Å². The molecule has 1 heterocycles. The second-order valence-electron chi connectivity index (χ2n) is 10.1. The topological polar surface area (TPSA) is 84.9 Å². The van der Waals surface area contributed by atoms with E-state index in [-0.39, 0.29) is 24.1 Å². The van der Waals surface area contributed by atoms with Gasteiger partial charge in [0.2, 0.25) is 0 Å². The van der Waals surface area contributed by atoms with Gasteiger partial charge in [-0.15, -0.1) is 0 Å². The highest BCUT2D eigenvalue weighted by atomic mass is 79.9. The largest absolute Gasteiger partial charge is 0.493 e. The molecule has 0 unspecified atom stereocenters. The Morgan fingerprint density at radius 1 is 1.05 bits per heavy atom. The SMILES string of the molecule is COc1cc(C2C3=C(CCCC3=O)N(C)C3=C2C(=O)CCC3)cc(Br)c1OCC(=O)Nc1ccc(C)c(Cl)c1. The van der Waals surface area contributed by atoms with Gasteiger partial charge in [-0.1, -0.05) is 17.7 Å². The van der Waals surface area contributed by atoms with E-state index in [0.29, 0.717) is 50.7 Å². The molecular weight excluding hydrogens is 584 g/mol. The fraction of sp³-hybridized carbons (Fsp3) is 0.367. The maximum Gasteiger partial charge on any atom is 0.262 e. The van der Waals surface area contributed by atoms with Gasteiger partial charge in [-0.3, -0.25) is 14.4 Å². The lowest BCUT2D eigenvalue weighted by Crippen LogP contribution is -2.37. The van der Waals surface area contributed by atoms with Crippen LogP contribution in [0.15, 0.2) is 57.3 Å². The van der Waals surface area contributed by atoms with Crippen LogP contribution >= 0.6 is 27.5 Å². The van der Waals surface area contributed by atoms with Crippen LogP contribution in [0.3, 0.4) is 0 Å². The zero-order chi connectivity index (χ0) is 27.8. The minimum absolute atomic E-state index is 0.0846. The highest BCUT2D eigenvalue weighted by Gasteiger charge is 2.42. The summed E-state index contributed by atoms with van der Waals surface area (Å²) < 4.78 is 12.1. The number of aryl methyl sites for hydroxylation is 1. The van der Waals surface area contributed by atoms with Crippen LogP contribution in [0.5, 0.6) is 11.5 Å². The third-order valence-electron chi connectivity index (χ3n) is 7.63. The van der Waals surface area contributed by atoms with Crippen molar-refractivity contribution in [1.29, 1.82) is 0 Å². The van der Waals surface area contributed by atoms with E-state index in [0.717, 1.165) is 48.2 Å². The average Bonchev–Trinajstić information content (AvgIpc) is 2.91. The van der Waals surface area contributed by atoms with E-state index in [2.05, 4.69) is 26.1 Å². The van der Waals surface area contributed by atoms with Crippen molar-refractivity contribution >= 4 is 50.7 Å². The number of ether oxygens (including phenoxy) is 2. The summed E-state index contributed by atoms with van der Waals surface area (Å²) in [5.41, 5.74) is 5.70. The fourth-order valence-electron chi connectivity index (χ4n) is 5.74. The molecule has 2 aromatic rings. The molecule has 7 nitrogen and oxygen atoms in total. The van der Waals surface area contributed by atoms with Gasteiger partial charge < -0.3 is 19.7 Å². The Balaban J connectivity index is 1.46. The molecule has 0 saturated carbocycles. The summed E-state index contributed by atoms with van der Waals surface area (Å²) in [4.78, 5) is 41.2. The highest BCUT2D eigenvalue weighted by Crippen LogP contribution is 2.50. The third kappa shape index (κ3) is 5.24. The number of amides is 1. The number of rotatable bonds is 6. The summed E-state index contributed by atoms with van der Waals surface area (Å²) in [6.07, 6.45) is 4.17. The van der Waals surface area contributed by atoms with Gasteiger partial charge in [-0.05, 0) is 83.9 Å². The van der Waals surface area contributed by atoms with E-state index in [4.69, 9.17) is 21.1 Å². The number of nitrogens with one attached hydrogen (secondary N) is 1. The van der Waals surface area contributed by atoms with Crippen LogP contribution in [0.1, 0.15) is 55.6 Å². The molecule has 2 aliphatic carbocycles. The van der Waals surface area contributed by atoms with Crippen LogP contribution in [0.2, 0.25) is 5.02 Å².